The van der Waals surface area contributed by atoms with Gasteiger partial charge in [0, 0.05) is 12.1 Å². The van der Waals surface area contributed by atoms with Gasteiger partial charge in [-0.2, -0.15) is 4.31 Å². The van der Waals surface area contributed by atoms with E-state index in [0.717, 1.165) is 16.4 Å². The standard InChI is InChI=1S/C14H19F2NO3S/c1-5-8-17(14(2,3)4)21(19,20)12-7-6-11(15)10(9-18)13(12)16/h5-7,18H,1,8-9H2,2-4H3. The fourth-order valence-electron chi connectivity index (χ4n) is 1.89. The number of hydrogen-bond acceptors (Lipinski definition) is 3. The van der Waals surface area contributed by atoms with Crippen LogP contribution in [0.25, 0.3) is 0 Å². The average Bonchev–Trinajstić information content (AvgIpc) is 2.34. The average molecular weight is 319 g/mol. The molecule has 0 unspecified atom stereocenters. The highest BCUT2D eigenvalue weighted by Gasteiger charge is 2.35. The number of hydrogen-bond donors (Lipinski definition) is 1. The number of benzene rings is 1. The third-order valence-corrected chi connectivity index (χ3v) is 5.07. The molecule has 0 atom stereocenters. The molecule has 0 aliphatic heterocycles. The van der Waals surface area contributed by atoms with Crippen LogP contribution in [0, 0.1) is 11.6 Å². The summed E-state index contributed by atoms with van der Waals surface area (Å²) in [5.74, 6) is -2.25. The first-order chi connectivity index (χ1) is 9.57. The Labute approximate surface area is 123 Å². The van der Waals surface area contributed by atoms with E-state index in [4.69, 9.17) is 5.11 Å². The van der Waals surface area contributed by atoms with Crippen LogP contribution in [-0.4, -0.2) is 29.9 Å². The van der Waals surface area contributed by atoms with E-state index in [9.17, 15) is 17.2 Å². The van der Waals surface area contributed by atoms with Crippen molar-refractivity contribution in [2.45, 2.75) is 37.8 Å². The van der Waals surface area contributed by atoms with Gasteiger partial charge in [0.15, 0.2) is 5.82 Å². The lowest BCUT2D eigenvalue weighted by Gasteiger charge is -2.33. The van der Waals surface area contributed by atoms with Crippen LogP contribution in [0.15, 0.2) is 29.7 Å². The van der Waals surface area contributed by atoms with Crippen LogP contribution < -0.4 is 0 Å². The molecule has 0 fully saturated rings. The van der Waals surface area contributed by atoms with E-state index >= 15 is 0 Å². The van der Waals surface area contributed by atoms with E-state index in [2.05, 4.69) is 6.58 Å². The highest BCUT2D eigenvalue weighted by molar-refractivity contribution is 7.89. The van der Waals surface area contributed by atoms with Gasteiger partial charge in [0.1, 0.15) is 10.7 Å². The highest BCUT2D eigenvalue weighted by atomic mass is 32.2. The topological polar surface area (TPSA) is 57.6 Å². The smallest absolute Gasteiger partial charge is 0.246 e. The van der Waals surface area contributed by atoms with Crippen molar-refractivity contribution in [2.24, 2.45) is 0 Å². The van der Waals surface area contributed by atoms with Crippen molar-refractivity contribution in [1.82, 2.24) is 4.31 Å². The van der Waals surface area contributed by atoms with Crippen molar-refractivity contribution in [3.8, 4) is 0 Å². The lowest BCUT2D eigenvalue weighted by Crippen LogP contribution is -2.45. The Hall–Kier alpha value is -1.31. The number of rotatable bonds is 5. The van der Waals surface area contributed by atoms with Crippen molar-refractivity contribution < 1.29 is 22.3 Å². The van der Waals surface area contributed by atoms with Crippen molar-refractivity contribution in [2.75, 3.05) is 6.54 Å². The highest BCUT2D eigenvalue weighted by Crippen LogP contribution is 2.28. The van der Waals surface area contributed by atoms with Gasteiger partial charge in [-0.3, -0.25) is 0 Å². The lowest BCUT2D eigenvalue weighted by molar-refractivity contribution is 0.263. The number of nitrogens with zero attached hydrogens (tertiary/aromatic N) is 1. The largest absolute Gasteiger partial charge is 0.391 e. The number of sulfonamides is 1. The van der Waals surface area contributed by atoms with E-state index in [0.29, 0.717) is 0 Å². The van der Waals surface area contributed by atoms with Gasteiger partial charge >= 0.3 is 0 Å². The second-order valence-corrected chi connectivity index (χ2v) is 7.32. The SMILES string of the molecule is C=CCN(C(C)(C)C)S(=O)(=O)c1ccc(F)c(CO)c1F. The van der Waals surface area contributed by atoms with Crippen LogP contribution >= 0.6 is 0 Å². The Kier molecular flexibility index (Phi) is 5.25. The Balaban J connectivity index is 3.53. The molecule has 0 heterocycles. The summed E-state index contributed by atoms with van der Waals surface area (Å²) in [4.78, 5) is -0.662. The molecule has 4 nitrogen and oxygen atoms in total. The van der Waals surface area contributed by atoms with Crippen molar-refractivity contribution in [3.63, 3.8) is 0 Å². The quantitative estimate of drug-likeness (QED) is 0.848. The summed E-state index contributed by atoms with van der Waals surface area (Å²) >= 11 is 0. The maximum atomic E-state index is 14.2. The molecule has 0 aromatic heterocycles. The molecular weight excluding hydrogens is 300 g/mol. The minimum absolute atomic E-state index is 0.0168. The van der Waals surface area contributed by atoms with Gasteiger partial charge in [0.2, 0.25) is 10.0 Å². The Morgan fingerprint density at radius 1 is 1.33 bits per heavy atom. The maximum Gasteiger partial charge on any atom is 0.246 e. The molecule has 7 heteroatoms. The fourth-order valence-corrected chi connectivity index (χ4v) is 3.74. The molecular formula is C14H19F2NO3S. The van der Waals surface area contributed by atoms with Crippen LogP contribution in [0.2, 0.25) is 0 Å². The number of aliphatic hydroxyl groups excluding tert-OH is 1. The molecule has 0 saturated carbocycles. The first kappa shape index (κ1) is 17.7. The van der Waals surface area contributed by atoms with Gasteiger partial charge in [-0.05, 0) is 32.9 Å². The van der Waals surface area contributed by atoms with E-state index in [1.54, 1.807) is 20.8 Å². The fraction of sp³-hybridized carbons (Fsp3) is 0.429. The molecule has 118 valence electrons. The summed E-state index contributed by atoms with van der Waals surface area (Å²) in [6.07, 6.45) is 1.39. The van der Waals surface area contributed by atoms with Gasteiger partial charge in [-0.25, -0.2) is 17.2 Å². The molecule has 21 heavy (non-hydrogen) atoms. The number of halogens is 2. The Bertz CT molecular complexity index is 636. The zero-order valence-corrected chi connectivity index (χ0v) is 13.0. The zero-order valence-electron chi connectivity index (χ0n) is 12.2. The summed E-state index contributed by atoms with van der Waals surface area (Å²) in [5.41, 5.74) is -1.48. The molecule has 0 saturated heterocycles. The molecule has 0 aliphatic carbocycles. The van der Waals surface area contributed by atoms with Crippen LogP contribution in [0.3, 0.4) is 0 Å². The number of aliphatic hydroxyl groups is 1. The first-order valence-corrected chi connectivity index (χ1v) is 7.72. The summed E-state index contributed by atoms with van der Waals surface area (Å²) in [7, 11) is -4.19. The summed E-state index contributed by atoms with van der Waals surface area (Å²) in [6.45, 7) is 7.52. The Morgan fingerprint density at radius 2 is 1.90 bits per heavy atom. The van der Waals surface area contributed by atoms with Gasteiger partial charge in [-0.1, -0.05) is 6.08 Å². The van der Waals surface area contributed by atoms with Gasteiger partial charge < -0.3 is 5.11 Å². The Morgan fingerprint density at radius 3 is 2.33 bits per heavy atom. The van der Waals surface area contributed by atoms with E-state index in [1.807, 2.05) is 0 Å². The molecule has 0 radical (unpaired) electrons. The molecule has 0 spiro atoms. The van der Waals surface area contributed by atoms with E-state index < -0.39 is 44.3 Å². The molecule has 1 N–H and O–H groups in total. The van der Waals surface area contributed by atoms with Crippen LogP contribution in [0.5, 0.6) is 0 Å². The van der Waals surface area contributed by atoms with Gasteiger partial charge in [0.05, 0.1) is 12.2 Å². The normalized spacial score (nSPS) is 12.7. The van der Waals surface area contributed by atoms with Crippen molar-refractivity contribution >= 4 is 10.0 Å². The van der Waals surface area contributed by atoms with Crippen LogP contribution in [0.1, 0.15) is 26.3 Å². The second kappa shape index (κ2) is 6.21. The van der Waals surface area contributed by atoms with Crippen molar-refractivity contribution in [3.05, 3.63) is 42.0 Å². The predicted octanol–water partition coefficient (Wildman–Crippen LogP) is 2.43. The van der Waals surface area contributed by atoms with E-state index in [1.165, 1.54) is 6.08 Å². The lowest BCUT2D eigenvalue weighted by atomic mass is 10.1. The van der Waals surface area contributed by atoms with Gasteiger partial charge in [0.25, 0.3) is 0 Å². The predicted molar refractivity (Wildman–Crippen MR) is 76.1 cm³/mol. The minimum Gasteiger partial charge on any atom is -0.391 e. The first-order valence-electron chi connectivity index (χ1n) is 6.28. The van der Waals surface area contributed by atoms with Gasteiger partial charge in [-0.15, -0.1) is 6.58 Å². The molecule has 0 aliphatic rings. The molecule has 0 bridgehead atoms. The molecule has 0 amide bonds. The minimum atomic E-state index is -4.19. The maximum absolute atomic E-state index is 14.2. The van der Waals surface area contributed by atoms with E-state index in [-0.39, 0.29) is 6.54 Å². The summed E-state index contributed by atoms with van der Waals surface area (Å²) in [6, 6.07) is 1.69. The summed E-state index contributed by atoms with van der Waals surface area (Å²) < 4.78 is 53.8. The second-order valence-electron chi connectivity index (χ2n) is 5.49. The molecule has 1 rings (SSSR count). The third-order valence-electron chi connectivity index (χ3n) is 2.92. The monoisotopic (exact) mass is 319 g/mol. The molecule has 1 aromatic carbocycles. The summed E-state index contributed by atoms with van der Waals surface area (Å²) in [5, 5.41) is 8.99. The van der Waals surface area contributed by atoms with Crippen LogP contribution in [-0.2, 0) is 16.6 Å². The zero-order chi connectivity index (χ0) is 16.4. The van der Waals surface area contributed by atoms with Crippen molar-refractivity contribution in [1.29, 1.82) is 0 Å². The third kappa shape index (κ3) is 3.48. The molecule has 1 aromatic rings. The van der Waals surface area contributed by atoms with Crippen LogP contribution in [0.4, 0.5) is 8.78 Å².